The second-order valence-electron chi connectivity index (χ2n) is 4.80. The Bertz CT molecular complexity index is 664. The number of amides is 2. The average molecular weight is 323 g/mol. The number of hydrazine groups is 1. The third-order valence-electron chi connectivity index (χ3n) is 2.85. The summed E-state index contributed by atoms with van der Waals surface area (Å²) in [6, 6.07) is 1.75. The molecule has 2 aromatic heterocycles. The van der Waals surface area contributed by atoms with Crippen molar-refractivity contribution in [1.82, 2.24) is 25.6 Å². The van der Waals surface area contributed by atoms with Gasteiger partial charge in [-0.25, -0.2) is 0 Å². The fourth-order valence-corrected chi connectivity index (χ4v) is 2.51. The van der Waals surface area contributed by atoms with Gasteiger partial charge in [-0.15, -0.1) is 10.2 Å². The van der Waals surface area contributed by atoms with Crippen molar-refractivity contribution >= 4 is 23.6 Å². The Kier molecular flexibility index (Phi) is 5.21. The topological polar surface area (TPSA) is 102 Å². The van der Waals surface area contributed by atoms with E-state index in [0.29, 0.717) is 16.5 Å². The number of carbonyl (C=O) groups excluding carboxylic acids is 2. The van der Waals surface area contributed by atoms with Gasteiger partial charge in [0.15, 0.2) is 5.16 Å². The summed E-state index contributed by atoms with van der Waals surface area (Å²) < 4.78 is 6.90. The smallest absolute Gasteiger partial charge is 0.273 e. The molecule has 2 rings (SSSR count). The summed E-state index contributed by atoms with van der Waals surface area (Å²) in [5.41, 5.74) is 5.07. The van der Waals surface area contributed by atoms with Gasteiger partial charge in [0, 0.05) is 6.04 Å². The summed E-state index contributed by atoms with van der Waals surface area (Å²) in [6.07, 6.45) is 3.04. The van der Waals surface area contributed by atoms with E-state index in [9.17, 15) is 9.59 Å². The van der Waals surface area contributed by atoms with Gasteiger partial charge < -0.3 is 8.98 Å². The number of aryl methyl sites for hydroxylation is 1. The van der Waals surface area contributed by atoms with Crippen LogP contribution in [0.2, 0.25) is 0 Å². The summed E-state index contributed by atoms with van der Waals surface area (Å²) in [5.74, 6) is -0.144. The number of nitrogens with one attached hydrogen (secondary N) is 2. The molecule has 0 spiro atoms. The lowest BCUT2D eigenvalue weighted by molar-refractivity contribution is -0.119. The molecule has 2 amide bonds. The number of aromatic nitrogens is 3. The van der Waals surface area contributed by atoms with Crippen LogP contribution in [0.5, 0.6) is 0 Å². The molecule has 0 aromatic carbocycles. The largest absolute Gasteiger partial charge is 0.469 e. The molecule has 2 heterocycles. The van der Waals surface area contributed by atoms with Gasteiger partial charge in [-0.05, 0) is 26.8 Å². The second kappa shape index (κ2) is 7.12. The van der Waals surface area contributed by atoms with E-state index in [1.54, 1.807) is 13.3 Å². The lowest BCUT2D eigenvalue weighted by atomic mass is 10.2. The normalized spacial score (nSPS) is 10.7. The predicted molar refractivity (Wildman–Crippen MR) is 80.2 cm³/mol. The van der Waals surface area contributed by atoms with Crippen molar-refractivity contribution in [3.63, 3.8) is 0 Å². The summed E-state index contributed by atoms with van der Waals surface area (Å²) >= 11 is 1.25. The van der Waals surface area contributed by atoms with Crippen molar-refractivity contribution in [3.05, 3.63) is 30.0 Å². The number of rotatable bonds is 5. The van der Waals surface area contributed by atoms with Gasteiger partial charge in [-0.1, -0.05) is 11.8 Å². The highest BCUT2D eigenvalue weighted by atomic mass is 32.2. The van der Waals surface area contributed by atoms with Crippen LogP contribution in [0.3, 0.4) is 0 Å². The van der Waals surface area contributed by atoms with Gasteiger partial charge in [-0.3, -0.25) is 20.4 Å². The van der Waals surface area contributed by atoms with Gasteiger partial charge in [0.1, 0.15) is 12.1 Å². The number of thioether (sulfide) groups is 1. The van der Waals surface area contributed by atoms with Crippen LogP contribution in [-0.2, 0) is 4.79 Å². The zero-order valence-corrected chi connectivity index (χ0v) is 13.3. The Morgan fingerprint density at radius 3 is 2.82 bits per heavy atom. The number of furan rings is 1. The zero-order chi connectivity index (χ0) is 16.1. The van der Waals surface area contributed by atoms with Crippen molar-refractivity contribution in [2.75, 3.05) is 5.75 Å². The molecule has 2 N–H and O–H groups in total. The van der Waals surface area contributed by atoms with Gasteiger partial charge in [-0.2, -0.15) is 0 Å². The predicted octanol–water partition coefficient (Wildman–Crippen LogP) is 1.31. The number of carbonyl (C=O) groups is 2. The Labute approximate surface area is 131 Å². The molecule has 0 aliphatic carbocycles. The van der Waals surface area contributed by atoms with Crippen LogP contribution >= 0.6 is 11.8 Å². The maximum Gasteiger partial charge on any atom is 0.273 e. The number of hydrogen-bond acceptors (Lipinski definition) is 6. The summed E-state index contributed by atoms with van der Waals surface area (Å²) in [7, 11) is 0. The molecule has 0 saturated carbocycles. The molecule has 0 aliphatic rings. The molecule has 0 atom stereocenters. The van der Waals surface area contributed by atoms with Crippen molar-refractivity contribution in [3.8, 4) is 0 Å². The first-order valence-corrected chi connectivity index (χ1v) is 7.63. The van der Waals surface area contributed by atoms with Crippen molar-refractivity contribution in [2.24, 2.45) is 0 Å². The van der Waals surface area contributed by atoms with Crippen molar-refractivity contribution in [1.29, 1.82) is 0 Å². The Morgan fingerprint density at radius 2 is 2.18 bits per heavy atom. The van der Waals surface area contributed by atoms with E-state index in [4.69, 9.17) is 4.42 Å². The van der Waals surface area contributed by atoms with Crippen LogP contribution < -0.4 is 10.9 Å². The van der Waals surface area contributed by atoms with E-state index >= 15 is 0 Å². The molecule has 118 valence electrons. The van der Waals surface area contributed by atoms with Crippen molar-refractivity contribution in [2.45, 2.75) is 32.0 Å². The molecule has 0 unspecified atom stereocenters. The van der Waals surface area contributed by atoms with Gasteiger partial charge in [0.05, 0.1) is 17.6 Å². The van der Waals surface area contributed by atoms with Gasteiger partial charge in [0.25, 0.3) is 5.91 Å². The molecule has 2 aromatic rings. The number of hydrogen-bond donors (Lipinski definition) is 2. The Balaban J connectivity index is 1.80. The first kappa shape index (κ1) is 16.1. The minimum atomic E-state index is -0.421. The van der Waals surface area contributed by atoms with Crippen LogP contribution in [0.4, 0.5) is 0 Å². The van der Waals surface area contributed by atoms with E-state index in [-0.39, 0.29) is 17.7 Å². The Hall–Kier alpha value is -2.29. The van der Waals surface area contributed by atoms with Gasteiger partial charge >= 0.3 is 0 Å². The van der Waals surface area contributed by atoms with Crippen LogP contribution in [0.15, 0.2) is 28.2 Å². The van der Waals surface area contributed by atoms with E-state index in [1.165, 1.54) is 24.1 Å². The standard InChI is InChI=1S/C13H17N5O3S/c1-8(2)18-7-14-17-13(18)22-6-11(19)15-16-12(20)10-4-5-21-9(10)3/h4-5,7-8H,6H2,1-3H3,(H,15,19)(H,16,20). The molecular weight excluding hydrogens is 306 g/mol. The quantitative estimate of drug-likeness (QED) is 0.635. The van der Waals surface area contributed by atoms with Gasteiger partial charge in [0.2, 0.25) is 5.91 Å². The fraction of sp³-hybridized carbons (Fsp3) is 0.385. The third kappa shape index (κ3) is 3.88. The maximum atomic E-state index is 11.8. The Morgan fingerprint density at radius 1 is 1.41 bits per heavy atom. The number of nitrogens with zero attached hydrogens (tertiary/aromatic N) is 3. The molecule has 8 nitrogen and oxygen atoms in total. The van der Waals surface area contributed by atoms with Crippen LogP contribution in [0, 0.1) is 6.92 Å². The summed E-state index contributed by atoms with van der Waals surface area (Å²) in [6.45, 7) is 5.67. The molecule has 0 fully saturated rings. The average Bonchev–Trinajstić information content (AvgIpc) is 3.11. The molecular formula is C13H17N5O3S. The minimum Gasteiger partial charge on any atom is -0.469 e. The monoisotopic (exact) mass is 323 g/mol. The fourth-order valence-electron chi connectivity index (χ4n) is 1.67. The molecule has 0 bridgehead atoms. The highest BCUT2D eigenvalue weighted by Crippen LogP contribution is 2.18. The van der Waals surface area contributed by atoms with E-state index < -0.39 is 5.91 Å². The molecule has 0 aliphatic heterocycles. The highest BCUT2D eigenvalue weighted by molar-refractivity contribution is 7.99. The first-order valence-electron chi connectivity index (χ1n) is 6.64. The first-order chi connectivity index (χ1) is 10.5. The van der Waals surface area contributed by atoms with Crippen LogP contribution in [-0.4, -0.2) is 32.3 Å². The van der Waals surface area contributed by atoms with E-state index in [2.05, 4.69) is 21.0 Å². The molecule has 22 heavy (non-hydrogen) atoms. The SMILES string of the molecule is Cc1occc1C(=O)NNC(=O)CSc1nncn1C(C)C. The van der Waals surface area contributed by atoms with E-state index in [1.807, 2.05) is 18.4 Å². The lowest BCUT2D eigenvalue weighted by Gasteiger charge is -2.09. The third-order valence-corrected chi connectivity index (χ3v) is 3.80. The molecule has 0 radical (unpaired) electrons. The lowest BCUT2D eigenvalue weighted by Crippen LogP contribution is -2.42. The summed E-state index contributed by atoms with van der Waals surface area (Å²) in [4.78, 5) is 23.5. The van der Waals surface area contributed by atoms with Crippen LogP contribution in [0.25, 0.3) is 0 Å². The minimum absolute atomic E-state index is 0.121. The van der Waals surface area contributed by atoms with Crippen LogP contribution in [0.1, 0.15) is 36.0 Å². The highest BCUT2D eigenvalue weighted by Gasteiger charge is 2.13. The zero-order valence-electron chi connectivity index (χ0n) is 12.5. The molecule has 9 heteroatoms. The second-order valence-corrected chi connectivity index (χ2v) is 5.74. The molecule has 0 saturated heterocycles. The van der Waals surface area contributed by atoms with Crippen molar-refractivity contribution < 1.29 is 14.0 Å². The van der Waals surface area contributed by atoms with E-state index in [0.717, 1.165) is 0 Å². The summed E-state index contributed by atoms with van der Waals surface area (Å²) in [5, 5.41) is 8.43. The maximum absolute atomic E-state index is 11.8.